The largest absolute Gasteiger partial charge is 0.497 e. The third kappa shape index (κ3) is 4.73. The Bertz CT molecular complexity index is 562. The molecule has 0 fully saturated rings. The molecule has 2 aromatic carbocycles. The topological polar surface area (TPSA) is 21.3 Å². The molecule has 0 saturated carbocycles. The van der Waals surface area contributed by atoms with Crippen LogP contribution in [0.4, 0.5) is 4.39 Å². The lowest BCUT2D eigenvalue weighted by atomic mass is 10.1. The zero-order chi connectivity index (χ0) is 15.1. The molecule has 0 radical (unpaired) electrons. The molecular formula is C17H19ClFNO. The van der Waals surface area contributed by atoms with E-state index in [4.69, 9.17) is 16.3 Å². The molecule has 0 aliphatic heterocycles. The Morgan fingerprint density at radius 3 is 2.57 bits per heavy atom. The second kappa shape index (κ2) is 8.01. The van der Waals surface area contributed by atoms with Gasteiger partial charge in [-0.3, -0.25) is 0 Å². The van der Waals surface area contributed by atoms with Crippen molar-refractivity contribution < 1.29 is 9.13 Å². The number of rotatable bonds is 7. The lowest BCUT2D eigenvalue weighted by Crippen LogP contribution is -2.32. The Kier molecular flexibility index (Phi) is 6.03. The highest BCUT2D eigenvalue weighted by Gasteiger charge is 2.10. The SMILES string of the molecule is COc1ccc(CNC(CCl)Cc2ccccc2)c(F)c1. The van der Waals surface area contributed by atoms with Crippen LogP contribution in [-0.2, 0) is 13.0 Å². The van der Waals surface area contributed by atoms with E-state index in [0.717, 1.165) is 6.42 Å². The first kappa shape index (κ1) is 15.8. The van der Waals surface area contributed by atoms with Gasteiger partial charge in [0.1, 0.15) is 11.6 Å². The predicted octanol–water partition coefficient (Wildman–Crippen LogP) is 3.77. The average Bonchev–Trinajstić information content (AvgIpc) is 2.53. The Balaban J connectivity index is 1.94. The first-order chi connectivity index (χ1) is 10.2. The lowest BCUT2D eigenvalue weighted by molar-refractivity contribution is 0.410. The van der Waals surface area contributed by atoms with Crippen molar-refractivity contribution in [2.24, 2.45) is 0 Å². The summed E-state index contributed by atoms with van der Waals surface area (Å²) in [6.07, 6.45) is 0.822. The Morgan fingerprint density at radius 1 is 1.19 bits per heavy atom. The minimum atomic E-state index is -0.269. The monoisotopic (exact) mass is 307 g/mol. The van der Waals surface area contributed by atoms with Gasteiger partial charge in [0.2, 0.25) is 0 Å². The molecule has 0 aliphatic rings. The van der Waals surface area contributed by atoms with E-state index in [1.54, 1.807) is 12.1 Å². The number of hydrogen-bond acceptors (Lipinski definition) is 2. The molecule has 2 rings (SSSR count). The van der Waals surface area contributed by atoms with E-state index in [1.807, 2.05) is 18.2 Å². The van der Waals surface area contributed by atoms with Gasteiger partial charge in [0, 0.05) is 30.1 Å². The van der Waals surface area contributed by atoms with E-state index in [0.29, 0.717) is 23.7 Å². The average molecular weight is 308 g/mol. The van der Waals surface area contributed by atoms with Crippen LogP contribution >= 0.6 is 11.6 Å². The fourth-order valence-electron chi connectivity index (χ4n) is 2.13. The van der Waals surface area contributed by atoms with Crippen molar-refractivity contribution >= 4 is 11.6 Å². The molecule has 21 heavy (non-hydrogen) atoms. The second-order valence-corrected chi connectivity index (χ2v) is 5.19. The number of halogens is 2. The number of nitrogens with one attached hydrogen (secondary N) is 1. The van der Waals surface area contributed by atoms with E-state index in [2.05, 4.69) is 17.4 Å². The summed E-state index contributed by atoms with van der Waals surface area (Å²) in [7, 11) is 1.52. The molecule has 0 heterocycles. The van der Waals surface area contributed by atoms with Gasteiger partial charge < -0.3 is 10.1 Å². The van der Waals surface area contributed by atoms with Gasteiger partial charge in [-0.15, -0.1) is 11.6 Å². The quantitative estimate of drug-likeness (QED) is 0.786. The summed E-state index contributed by atoms with van der Waals surface area (Å²) in [6, 6.07) is 15.1. The molecule has 2 aromatic rings. The maximum absolute atomic E-state index is 13.9. The summed E-state index contributed by atoms with van der Waals surface area (Å²) in [5.41, 5.74) is 1.82. The summed E-state index contributed by atoms with van der Waals surface area (Å²) < 4.78 is 18.9. The zero-order valence-corrected chi connectivity index (χ0v) is 12.7. The Labute approximate surface area is 129 Å². The van der Waals surface area contributed by atoms with Crippen molar-refractivity contribution in [2.75, 3.05) is 13.0 Å². The van der Waals surface area contributed by atoms with Crippen LogP contribution in [0.15, 0.2) is 48.5 Å². The number of alkyl halides is 1. The molecule has 0 spiro atoms. The van der Waals surface area contributed by atoms with E-state index < -0.39 is 0 Å². The van der Waals surface area contributed by atoms with Gasteiger partial charge in [-0.25, -0.2) is 4.39 Å². The van der Waals surface area contributed by atoms with E-state index in [1.165, 1.54) is 18.7 Å². The van der Waals surface area contributed by atoms with Gasteiger partial charge >= 0.3 is 0 Å². The molecule has 1 atom stereocenters. The minimum Gasteiger partial charge on any atom is -0.497 e. The smallest absolute Gasteiger partial charge is 0.131 e. The van der Waals surface area contributed by atoms with Crippen molar-refractivity contribution in [2.45, 2.75) is 19.0 Å². The van der Waals surface area contributed by atoms with Crippen LogP contribution in [0.5, 0.6) is 5.75 Å². The molecule has 0 amide bonds. The molecule has 0 aromatic heterocycles. The normalized spacial score (nSPS) is 12.1. The van der Waals surface area contributed by atoms with Crippen LogP contribution in [-0.4, -0.2) is 19.0 Å². The molecule has 1 unspecified atom stereocenters. The maximum Gasteiger partial charge on any atom is 0.131 e. The maximum atomic E-state index is 13.9. The molecule has 1 N–H and O–H groups in total. The summed E-state index contributed by atoms with van der Waals surface area (Å²) in [6.45, 7) is 0.444. The fraction of sp³-hybridized carbons (Fsp3) is 0.294. The van der Waals surface area contributed by atoms with E-state index >= 15 is 0 Å². The van der Waals surface area contributed by atoms with Crippen molar-refractivity contribution in [1.82, 2.24) is 5.32 Å². The highest BCUT2D eigenvalue weighted by Crippen LogP contribution is 2.16. The summed E-state index contributed by atoms with van der Waals surface area (Å²) in [5.74, 6) is 0.733. The van der Waals surface area contributed by atoms with Gasteiger partial charge in [0.25, 0.3) is 0 Å². The standard InChI is InChI=1S/C17H19ClFNO/c1-21-16-8-7-14(17(19)10-16)12-20-15(11-18)9-13-5-3-2-4-6-13/h2-8,10,15,20H,9,11-12H2,1H3. The molecule has 112 valence electrons. The summed E-state index contributed by atoms with van der Waals surface area (Å²) in [5, 5.41) is 3.30. The molecule has 0 aliphatic carbocycles. The minimum absolute atomic E-state index is 0.107. The highest BCUT2D eigenvalue weighted by atomic mass is 35.5. The first-order valence-electron chi connectivity index (χ1n) is 6.88. The van der Waals surface area contributed by atoms with E-state index in [9.17, 15) is 4.39 Å². The van der Waals surface area contributed by atoms with Gasteiger partial charge in [0.15, 0.2) is 0 Å². The van der Waals surface area contributed by atoms with E-state index in [-0.39, 0.29) is 11.9 Å². The van der Waals surface area contributed by atoms with Crippen LogP contribution < -0.4 is 10.1 Å². The van der Waals surface area contributed by atoms with Gasteiger partial charge in [-0.2, -0.15) is 0 Å². The Hall–Kier alpha value is -1.58. The van der Waals surface area contributed by atoms with Crippen molar-refractivity contribution in [1.29, 1.82) is 0 Å². The van der Waals surface area contributed by atoms with Crippen LogP contribution in [0.25, 0.3) is 0 Å². The van der Waals surface area contributed by atoms with Crippen LogP contribution in [0.2, 0.25) is 0 Å². The molecule has 2 nitrogen and oxygen atoms in total. The summed E-state index contributed by atoms with van der Waals surface area (Å²) >= 11 is 5.99. The van der Waals surface area contributed by atoms with Crippen LogP contribution in [0.1, 0.15) is 11.1 Å². The highest BCUT2D eigenvalue weighted by molar-refractivity contribution is 6.18. The zero-order valence-electron chi connectivity index (χ0n) is 12.0. The molecule has 0 saturated heterocycles. The number of hydrogen-bond donors (Lipinski definition) is 1. The van der Waals surface area contributed by atoms with Gasteiger partial charge in [0.05, 0.1) is 7.11 Å². The fourth-order valence-corrected chi connectivity index (χ4v) is 2.35. The predicted molar refractivity (Wildman–Crippen MR) is 84.4 cm³/mol. The first-order valence-corrected chi connectivity index (χ1v) is 7.42. The Morgan fingerprint density at radius 2 is 1.95 bits per heavy atom. The summed E-state index contributed by atoms with van der Waals surface area (Å²) in [4.78, 5) is 0. The molecule has 4 heteroatoms. The van der Waals surface area contributed by atoms with Crippen molar-refractivity contribution in [3.63, 3.8) is 0 Å². The third-order valence-electron chi connectivity index (χ3n) is 3.35. The van der Waals surface area contributed by atoms with Crippen LogP contribution in [0, 0.1) is 5.82 Å². The third-order valence-corrected chi connectivity index (χ3v) is 3.73. The van der Waals surface area contributed by atoms with Crippen molar-refractivity contribution in [3.05, 3.63) is 65.5 Å². The van der Waals surface area contributed by atoms with Crippen molar-refractivity contribution in [3.8, 4) is 5.75 Å². The second-order valence-electron chi connectivity index (χ2n) is 4.88. The van der Waals surface area contributed by atoms with Crippen LogP contribution in [0.3, 0.4) is 0 Å². The van der Waals surface area contributed by atoms with Gasteiger partial charge in [-0.05, 0) is 18.1 Å². The molecular weight excluding hydrogens is 289 g/mol. The molecule has 0 bridgehead atoms. The number of ether oxygens (including phenoxy) is 1. The van der Waals surface area contributed by atoms with Gasteiger partial charge in [-0.1, -0.05) is 36.4 Å². The number of benzene rings is 2. The lowest BCUT2D eigenvalue weighted by Gasteiger charge is -2.16. The number of methoxy groups -OCH3 is 1.